The maximum absolute atomic E-state index is 11.0. The molecule has 3 heterocycles. The van der Waals surface area contributed by atoms with Gasteiger partial charge in [-0.1, -0.05) is 30.3 Å². The minimum absolute atomic E-state index is 0.362. The first kappa shape index (κ1) is 20.0. The number of fused-ring (bicyclic) bond motifs is 1. The lowest BCUT2D eigenvalue weighted by Gasteiger charge is -2.23. The predicted octanol–water partition coefficient (Wildman–Crippen LogP) is 4.80. The molecule has 0 aliphatic heterocycles. The Kier molecular flexibility index (Phi) is 5.65. The van der Waals surface area contributed by atoms with Crippen LogP contribution in [0.4, 0.5) is 5.82 Å². The van der Waals surface area contributed by atoms with Gasteiger partial charge in [-0.2, -0.15) is 11.3 Å². The van der Waals surface area contributed by atoms with Gasteiger partial charge in [-0.25, -0.2) is 9.97 Å². The first-order valence-electron chi connectivity index (χ1n) is 9.41. The Bertz CT molecular complexity index is 1090. The van der Waals surface area contributed by atoms with Gasteiger partial charge in [0.25, 0.3) is 0 Å². The Balaban J connectivity index is 1.76. The summed E-state index contributed by atoms with van der Waals surface area (Å²) in [7, 11) is 4.01. The van der Waals surface area contributed by atoms with Crippen LogP contribution in [0.2, 0.25) is 0 Å². The Morgan fingerprint density at radius 3 is 2.59 bits per heavy atom. The molecule has 0 aliphatic carbocycles. The Morgan fingerprint density at radius 2 is 1.90 bits per heavy atom. The molecule has 0 bridgehead atoms. The summed E-state index contributed by atoms with van der Waals surface area (Å²) < 4.78 is 0. The molecular formula is C22H24N4OS2. The molecule has 0 saturated heterocycles. The monoisotopic (exact) mass is 424 g/mol. The van der Waals surface area contributed by atoms with Gasteiger partial charge in [0.2, 0.25) is 0 Å². The lowest BCUT2D eigenvalue weighted by atomic mass is 9.99. The number of benzene rings is 1. The van der Waals surface area contributed by atoms with Crippen LogP contribution in [-0.4, -0.2) is 40.6 Å². The second-order valence-electron chi connectivity index (χ2n) is 7.56. The van der Waals surface area contributed by atoms with Crippen molar-refractivity contribution in [2.45, 2.75) is 19.1 Å². The molecule has 3 aromatic heterocycles. The molecule has 0 radical (unpaired) electrons. The molecule has 7 heteroatoms. The number of hydrogen-bond donors (Lipinski definition) is 2. The van der Waals surface area contributed by atoms with Crippen LogP contribution in [-0.2, 0) is 12.1 Å². The molecular weight excluding hydrogens is 400 g/mol. The van der Waals surface area contributed by atoms with Gasteiger partial charge in [0.15, 0.2) is 0 Å². The molecule has 0 fully saturated rings. The van der Waals surface area contributed by atoms with Crippen molar-refractivity contribution in [3.8, 4) is 11.1 Å². The van der Waals surface area contributed by atoms with Crippen molar-refractivity contribution < 1.29 is 5.11 Å². The summed E-state index contributed by atoms with van der Waals surface area (Å²) in [6.45, 7) is 2.85. The molecule has 2 N–H and O–H groups in total. The van der Waals surface area contributed by atoms with E-state index in [1.807, 2.05) is 56.0 Å². The fourth-order valence-electron chi connectivity index (χ4n) is 3.23. The van der Waals surface area contributed by atoms with E-state index in [0.29, 0.717) is 13.1 Å². The number of hydrogen-bond acceptors (Lipinski definition) is 7. The normalized spacial score (nSPS) is 13.7. The first-order valence-corrected chi connectivity index (χ1v) is 11.2. The minimum atomic E-state index is -0.984. The smallest absolute Gasteiger partial charge is 0.146 e. The summed E-state index contributed by atoms with van der Waals surface area (Å²) >= 11 is 3.21. The van der Waals surface area contributed by atoms with Crippen molar-refractivity contribution in [3.63, 3.8) is 0 Å². The maximum Gasteiger partial charge on any atom is 0.146 e. The van der Waals surface area contributed by atoms with Gasteiger partial charge in [-0.15, -0.1) is 11.3 Å². The van der Waals surface area contributed by atoms with Gasteiger partial charge < -0.3 is 15.3 Å². The molecule has 1 unspecified atom stereocenters. The zero-order chi connectivity index (χ0) is 20.4. The van der Waals surface area contributed by atoms with Crippen molar-refractivity contribution >= 4 is 38.7 Å². The van der Waals surface area contributed by atoms with E-state index in [2.05, 4.69) is 27.7 Å². The maximum atomic E-state index is 11.0. The van der Waals surface area contributed by atoms with Crippen LogP contribution in [0.25, 0.3) is 21.3 Å². The van der Waals surface area contributed by atoms with Crippen LogP contribution in [0.15, 0.2) is 52.5 Å². The van der Waals surface area contributed by atoms with Gasteiger partial charge in [-0.05, 0) is 49.0 Å². The molecule has 0 amide bonds. The first-order chi connectivity index (χ1) is 13.9. The van der Waals surface area contributed by atoms with Crippen LogP contribution in [0.3, 0.4) is 0 Å². The number of thiophene rings is 2. The SMILES string of the molecule is CN(C)Cc1nc(NCC(C)(O)c2ccsc2)c2c(-c3ccccc3)csc2n1. The molecule has 150 valence electrons. The molecule has 5 nitrogen and oxygen atoms in total. The van der Waals surface area contributed by atoms with E-state index < -0.39 is 5.60 Å². The van der Waals surface area contributed by atoms with Crippen LogP contribution < -0.4 is 5.32 Å². The minimum Gasteiger partial charge on any atom is -0.384 e. The number of aliphatic hydroxyl groups is 1. The van der Waals surface area contributed by atoms with E-state index in [0.717, 1.165) is 38.5 Å². The van der Waals surface area contributed by atoms with Crippen molar-refractivity contribution in [2.75, 3.05) is 26.0 Å². The number of nitrogens with one attached hydrogen (secondary N) is 1. The standard InChI is InChI=1S/C22H24N4OS2/c1-22(27,16-9-10-28-12-16)14-23-20-19-17(15-7-5-4-6-8-15)13-29-21(19)25-18(24-20)11-26(2)3/h4-10,12-13,27H,11,14H2,1-3H3,(H,23,24,25). The van der Waals surface area contributed by atoms with E-state index in [1.54, 1.807) is 22.7 Å². The molecule has 0 saturated carbocycles. The van der Waals surface area contributed by atoms with Gasteiger partial charge in [0.05, 0.1) is 11.9 Å². The molecule has 4 aromatic rings. The summed E-state index contributed by atoms with van der Waals surface area (Å²) in [5.74, 6) is 1.53. The third-order valence-corrected chi connectivity index (χ3v) is 6.32. The summed E-state index contributed by atoms with van der Waals surface area (Å²) in [5, 5.41) is 21.5. The summed E-state index contributed by atoms with van der Waals surface area (Å²) in [6.07, 6.45) is 0. The van der Waals surface area contributed by atoms with Crippen molar-refractivity contribution in [1.82, 2.24) is 14.9 Å². The van der Waals surface area contributed by atoms with E-state index >= 15 is 0 Å². The third kappa shape index (κ3) is 4.33. The highest BCUT2D eigenvalue weighted by molar-refractivity contribution is 7.17. The largest absolute Gasteiger partial charge is 0.384 e. The highest BCUT2D eigenvalue weighted by atomic mass is 32.1. The zero-order valence-corrected chi connectivity index (χ0v) is 18.3. The molecule has 29 heavy (non-hydrogen) atoms. The summed E-state index contributed by atoms with van der Waals surface area (Å²) in [5.41, 5.74) is 2.17. The van der Waals surface area contributed by atoms with Crippen molar-refractivity contribution in [3.05, 3.63) is 63.9 Å². The quantitative estimate of drug-likeness (QED) is 0.446. The number of rotatable bonds is 7. The van der Waals surface area contributed by atoms with E-state index in [9.17, 15) is 5.11 Å². The van der Waals surface area contributed by atoms with Crippen LogP contribution >= 0.6 is 22.7 Å². The fourth-order valence-corrected chi connectivity index (χ4v) is 4.98. The second kappa shape index (κ2) is 8.20. The van der Waals surface area contributed by atoms with Gasteiger partial charge in [0, 0.05) is 17.5 Å². The molecule has 4 rings (SSSR count). The number of nitrogens with zero attached hydrogens (tertiary/aromatic N) is 3. The van der Waals surface area contributed by atoms with Crippen molar-refractivity contribution in [1.29, 1.82) is 0 Å². The lowest BCUT2D eigenvalue weighted by molar-refractivity contribution is 0.0719. The molecule has 0 aliphatic rings. The van der Waals surface area contributed by atoms with Crippen LogP contribution in [0.5, 0.6) is 0 Å². The molecule has 0 spiro atoms. The van der Waals surface area contributed by atoms with Gasteiger partial charge >= 0.3 is 0 Å². The number of aromatic nitrogens is 2. The Labute approximate surface area is 178 Å². The second-order valence-corrected chi connectivity index (χ2v) is 9.20. The zero-order valence-electron chi connectivity index (χ0n) is 16.7. The lowest BCUT2D eigenvalue weighted by Crippen LogP contribution is -2.30. The van der Waals surface area contributed by atoms with Crippen molar-refractivity contribution in [2.24, 2.45) is 0 Å². The highest BCUT2D eigenvalue weighted by Crippen LogP contribution is 2.37. The summed E-state index contributed by atoms with van der Waals surface area (Å²) in [6, 6.07) is 12.2. The van der Waals surface area contributed by atoms with E-state index in [1.165, 1.54) is 0 Å². The topological polar surface area (TPSA) is 61.3 Å². The average Bonchev–Trinajstić information content (AvgIpc) is 3.37. The summed E-state index contributed by atoms with van der Waals surface area (Å²) in [4.78, 5) is 12.6. The highest BCUT2D eigenvalue weighted by Gasteiger charge is 2.25. The Morgan fingerprint density at radius 1 is 1.10 bits per heavy atom. The third-order valence-electron chi connectivity index (χ3n) is 4.77. The van der Waals surface area contributed by atoms with E-state index in [-0.39, 0.29) is 0 Å². The molecule has 1 atom stereocenters. The Hall–Kier alpha value is -2.32. The predicted molar refractivity (Wildman–Crippen MR) is 123 cm³/mol. The number of anilines is 1. The fraction of sp³-hybridized carbons (Fsp3) is 0.273. The molecule has 1 aromatic carbocycles. The van der Waals surface area contributed by atoms with E-state index in [4.69, 9.17) is 9.97 Å². The average molecular weight is 425 g/mol. The van der Waals surface area contributed by atoms with Crippen LogP contribution in [0.1, 0.15) is 18.3 Å². The van der Waals surface area contributed by atoms with Gasteiger partial charge in [0.1, 0.15) is 22.1 Å². The van der Waals surface area contributed by atoms with Gasteiger partial charge in [-0.3, -0.25) is 0 Å². The van der Waals surface area contributed by atoms with Crippen LogP contribution in [0, 0.1) is 0 Å².